The summed E-state index contributed by atoms with van der Waals surface area (Å²) in [6.07, 6.45) is -0.987. The molecule has 38 heavy (non-hydrogen) atoms. The lowest BCUT2D eigenvalue weighted by molar-refractivity contribution is -0.145. The number of carbonyl (C=O) groups excluding carboxylic acids is 5. The molecule has 210 valence electrons. The van der Waals surface area contributed by atoms with Gasteiger partial charge in [0.15, 0.2) is 0 Å². The average molecular weight is 535 g/mol. The van der Waals surface area contributed by atoms with Gasteiger partial charge in [-0.3, -0.25) is 14.4 Å². The van der Waals surface area contributed by atoms with Gasteiger partial charge in [0.2, 0.25) is 17.7 Å². The molecule has 1 aromatic carbocycles. The molecule has 0 aromatic heterocycles. The minimum atomic E-state index is -1.18. The number of hydrogen-bond acceptors (Lipinski definition) is 8. The van der Waals surface area contributed by atoms with Gasteiger partial charge in [-0.2, -0.15) is 0 Å². The summed E-state index contributed by atoms with van der Waals surface area (Å²) in [4.78, 5) is 62.1. The monoisotopic (exact) mass is 534 g/mol. The van der Waals surface area contributed by atoms with Crippen LogP contribution in [0, 0.1) is 5.92 Å². The highest BCUT2D eigenvalue weighted by Gasteiger charge is 2.33. The van der Waals surface area contributed by atoms with Crippen LogP contribution >= 0.6 is 0 Å². The largest absolute Gasteiger partial charge is 0.467 e. The van der Waals surface area contributed by atoms with Crippen molar-refractivity contribution in [2.24, 2.45) is 5.92 Å². The van der Waals surface area contributed by atoms with Crippen LogP contribution < -0.4 is 21.3 Å². The van der Waals surface area contributed by atoms with Crippen LogP contribution in [-0.4, -0.2) is 73.8 Å². The molecule has 1 aliphatic heterocycles. The van der Waals surface area contributed by atoms with E-state index in [1.54, 1.807) is 39.8 Å². The SMILES string of the molecule is COC(=O)C(CC1CCNC1=O)NC(=O)CNC(=O)C(NC(=O)OCc1ccccc1)C(C)OC(C)(C)C. The van der Waals surface area contributed by atoms with E-state index in [-0.39, 0.29) is 18.9 Å². The zero-order chi connectivity index (χ0) is 28.3. The third kappa shape index (κ3) is 10.4. The first-order valence-corrected chi connectivity index (χ1v) is 12.5. The molecule has 1 fully saturated rings. The Morgan fingerprint density at radius 1 is 1.11 bits per heavy atom. The van der Waals surface area contributed by atoms with E-state index in [1.165, 1.54) is 7.11 Å². The Hall–Kier alpha value is -3.67. The Balaban J connectivity index is 1.98. The molecule has 0 saturated carbocycles. The van der Waals surface area contributed by atoms with E-state index in [9.17, 15) is 24.0 Å². The van der Waals surface area contributed by atoms with Crippen molar-refractivity contribution >= 4 is 29.8 Å². The number of esters is 1. The molecule has 12 nitrogen and oxygen atoms in total. The van der Waals surface area contributed by atoms with Crippen LogP contribution in [0.3, 0.4) is 0 Å². The highest BCUT2D eigenvalue weighted by atomic mass is 16.6. The van der Waals surface area contributed by atoms with Crippen molar-refractivity contribution in [1.82, 2.24) is 21.3 Å². The number of benzene rings is 1. The molecule has 0 bridgehead atoms. The molecule has 4 N–H and O–H groups in total. The van der Waals surface area contributed by atoms with Crippen LogP contribution in [0.15, 0.2) is 30.3 Å². The van der Waals surface area contributed by atoms with E-state index in [2.05, 4.69) is 21.3 Å². The lowest BCUT2D eigenvalue weighted by Gasteiger charge is -2.30. The predicted octanol–water partition coefficient (Wildman–Crippen LogP) is 0.785. The molecule has 2 rings (SSSR count). The molecule has 0 spiro atoms. The number of alkyl carbamates (subject to hydrolysis) is 1. The molecule has 12 heteroatoms. The van der Waals surface area contributed by atoms with Crippen LogP contribution in [-0.2, 0) is 40.0 Å². The van der Waals surface area contributed by atoms with Crippen molar-refractivity contribution in [3.05, 3.63) is 35.9 Å². The molecule has 1 heterocycles. The van der Waals surface area contributed by atoms with Gasteiger partial charge in [0.1, 0.15) is 18.7 Å². The molecule has 4 atom stereocenters. The second-order valence-corrected chi connectivity index (χ2v) is 9.99. The quantitative estimate of drug-likeness (QED) is 0.286. The summed E-state index contributed by atoms with van der Waals surface area (Å²) >= 11 is 0. The molecule has 1 aliphatic rings. The van der Waals surface area contributed by atoms with E-state index >= 15 is 0 Å². The van der Waals surface area contributed by atoms with Gasteiger partial charge in [-0.15, -0.1) is 0 Å². The summed E-state index contributed by atoms with van der Waals surface area (Å²) in [5.41, 5.74) is 0.153. The molecule has 4 amide bonds. The summed E-state index contributed by atoms with van der Waals surface area (Å²) < 4.78 is 15.8. The Bertz CT molecular complexity index is 979. The minimum absolute atomic E-state index is 0.00581. The molecule has 0 radical (unpaired) electrons. The molecular weight excluding hydrogens is 496 g/mol. The lowest BCUT2D eigenvalue weighted by atomic mass is 9.98. The van der Waals surface area contributed by atoms with Crippen molar-refractivity contribution in [2.45, 2.75) is 70.9 Å². The second kappa shape index (κ2) is 14.3. The van der Waals surface area contributed by atoms with Crippen molar-refractivity contribution in [3.63, 3.8) is 0 Å². The van der Waals surface area contributed by atoms with Crippen LogP contribution in [0.5, 0.6) is 0 Å². The first kappa shape index (κ1) is 30.6. The summed E-state index contributed by atoms with van der Waals surface area (Å²) in [5, 5.41) is 10.2. The van der Waals surface area contributed by atoms with Gasteiger partial charge < -0.3 is 35.5 Å². The zero-order valence-corrected chi connectivity index (χ0v) is 22.5. The first-order valence-electron chi connectivity index (χ1n) is 12.5. The van der Waals surface area contributed by atoms with Crippen LogP contribution in [0.2, 0.25) is 0 Å². The third-order valence-electron chi connectivity index (χ3n) is 5.70. The minimum Gasteiger partial charge on any atom is -0.467 e. The van der Waals surface area contributed by atoms with Gasteiger partial charge in [-0.1, -0.05) is 30.3 Å². The van der Waals surface area contributed by atoms with Gasteiger partial charge in [0.05, 0.1) is 25.4 Å². The summed E-state index contributed by atoms with van der Waals surface area (Å²) in [5.74, 6) is -2.67. The maximum atomic E-state index is 13.0. The molecule has 4 unspecified atom stereocenters. The van der Waals surface area contributed by atoms with Crippen LogP contribution in [0.1, 0.15) is 46.1 Å². The number of ether oxygens (including phenoxy) is 3. The van der Waals surface area contributed by atoms with E-state index < -0.39 is 60.1 Å². The summed E-state index contributed by atoms with van der Waals surface area (Å²) in [6.45, 7) is 7.05. The maximum Gasteiger partial charge on any atom is 0.408 e. The van der Waals surface area contributed by atoms with Gasteiger partial charge in [-0.25, -0.2) is 9.59 Å². The molecule has 0 aliphatic carbocycles. The number of rotatable bonds is 12. The predicted molar refractivity (Wildman–Crippen MR) is 137 cm³/mol. The Kier molecular flexibility index (Phi) is 11.5. The zero-order valence-electron chi connectivity index (χ0n) is 22.5. The van der Waals surface area contributed by atoms with Crippen molar-refractivity contribution < 1.29 is 38.2 Å². The van der Waals surface area contributed by atoms with Crippen molar-refractivity contribution in [2.75, 3.05) is 20.2 Å². The topological polar surface area (TPSA) is 161 Å². The summed E-state index contributed by atoms with van der Waals surface area (Å²) in [6, 6.07) is 6.82. The van der Waals surface area contributed by atoms with E-state index in [1.807, 2.05) is 18.2 Å². The number of nitrogens with one attached hydrogen (secondary N) is 4. The normalized spacial score (nSPS) is 17.4. The smallest absolute Gasteiger partial charge is 0.408 e. The number of hydrogen-bond donors (Lipinski definition) is 4. The molecule has 1 saturated heterocycles. The maximum absolute atomic E-state index is 13.0. The van der Waals surface area contributed by atoms with Crippen LogP contribution in [0.4, 0.5) is 4.79 Å². The Labute approximate surface area is 222 Å². The number of carbonyl (C=O) groups is 5. The fourth-order valence-corrected chi connectivity index (χ4v) is 3.95. The van der Waals surface area contributed by atoms with Crippen LogP contribution in [0.25, 0.3) is 0 Å². The number of methoxy groups -OCH3 is 1. The lowest BCUT2D eigenvalue weighted by Crippen LogP contribution is -2.56. The van der Waals surface area contributed by atoms with E-state index in [0.717, 1.165) is 5.56 Å². The fraction of sp³-hybridized carbons (Fsp3) is 0.577. The van der Waals surface area contributed by atoms with E-state index in [0.29, 0.717) is 13.0 Å². The van der Waals surface area contributed by atoms with E-state index in [4.69, 9.17) is 14.2 Å². The molecule has 1 aromatic rings. The Morgan fingerprint density at radius 2 is 1.79 bits per heavy atom. The highest BCUT2D eigenvalue weighted by Crippen LogP contribution is 2.17. The highest BCUT2D eigenvalue weighted by molar-refractivity contribution is 5.91. The Morgan fingerprint density at radius 3 is 2.37 bits per heavy atom. The molecular formula is C26H38N4O8. The summed E-state index contributed by atoms with van der Waals surface area (Å²) in [7, 11) is 1.18. The van der Waals surface area contributed by atoms with Gasteiger partial charge in [0.25, 0.3) is 0 Å². The van der Waals surface area contributed by atoms with Gasteiger partial charge in [0, 0.05) is 12.5 Å². The first-order chi connectivity index (χ1) is 17.9. The standard InChI is InChI=1S/C26H38N4O8/c1-16(38-26(2,3)4)21(30-25(35)37-15-17-9-7-6-8-10-17)23(33)28-14-20(31)29-19(24(34)36-5)13-18-11-12-27-22(18)32/h6-10,16,18-19,21H,11-15H2,1-5H3,(H,27,32)(H,28,33)(H,29,31)(H,30,35). The van der Waals surface area contributed by atoms with Crippen molar-refractivity contribution in [3.8, 4) is 0 Å². The van der Waals surface area contributed by atoms with Gasteiger partial charge in [-0.05, 0) is 46.1 Å². The average Bonchev–Trinajstić information content (AvgIpc) is 3.27. The fourth-order valence-electron chi connectivity index (χ4n) is 3.95. The van der Waals surface area contributed by atoms with Crippen molar-refractivity contribution in [1.29, 1.82) is 0 Å². The van der Waals surface area contributed by atoms with Gasteiger partial charge >= 0.3 is 12.1 Å². The number of amides is 4. The third-order valence-corrected chi connectivity index (χ3v) is 5.70. The second-order valence-electron chi connectivity index (χ2n) is 9.99.